The van der Waals surface area contributed by atoms with Gasteiger partial charge in [0.15, 0.2) is 5.75 Å². The molecule has 0 unspecified atom stereocenters. The first-order valence-electron chi connectivity index (χ1n) is 25.1. The van der Waals surface area contributed by atoms with E-state index in [1.54, 1.807) is 55.4 Å². The number of methoxy groups -OCH3 is 1. The van der Waals surface area contributed by atoms with Gasteiger partial charge in [0.25, 0.3) is 11.7 Å². The number of aromatic nitrogens is 1. The Balaban J connectivity index is 1.18. The summed E-state index contributed by atoms with van der Waals surface area (Å²) >= 11 is 0. The maximum atomic E-state index is 16.0. The number of carbonyl (C=O) groups is 4. The van der Waals surface area contributed by atoms with Crippen LogP contribution in [0, 0.1) is 36.4 Å². The molecule has 4 aliphatic heterocycles. The van der Waals surface area contributed by atoms with Crippen molar-refractivity contribution in [1.29, 1.82) is 0 Å². The smallest absolute Gasteiger partial charge is 0.341 e. The van der Waals surface area contributed by atoms with E-state index in [4.69, 9.17) is 18.9 Å². The maximum Gasteiger partial charge on any atom is 0.341 e. The van der Waals surface area contributed by atoms with E-state index in [0.717, 1.165) is 18.9 Å². The number of ketones is 1. The number of aliphatic hydroxyl groups excluding tert-OH is 2. The molecule has 4 aromatic rings. The molecule has 0 spiro atoms. The van der Waals surface area contributed by atoms with E-state index in [0.29, 0.717) is 18.5 Å². The van der Waals surface area contributed by atoms with Gasteiger partial charge in [0.2, 0.25) is 5.43 Å². The van der Waals surface area contributed by atoms with Crippen LogP contribution in [0.5, 0.6) is 23.0 Å². The van der Waals surface area contributed by atoms with E-state index in [-0.39, 0.29) is 74.7 Å². The number of esters is 1. The predicted molar refractivity (Wildman–Crippen MR) is 275 cm³/mol. The number of phenols is 3. The first-order valence-corrected chi connectivity index (χ1v) is 25.1. The van der Waals surface area contributed by atoms with E-state index >= 15 is 4.39 Å². The SMILES string of the molecule is CO[C@H]1/C=C/O[C@@]2(C)Oc3c(C)c(O)c4c(O)c(c(CN[C@@H]5CCN(c6cc7c(cc6F)c(=O)c(C(=O)O)cn7C6CC6)C5)c(O)c4c3C2=O)NC(=O)/C(C)=C\C=C\[C@H](C)[C@H](O)[C@@H](C)[C@@H](O)[C@@H](C)[C@H](OC(C)=O)[C@@H]1C. The van der Waals surface area contributed by atoms with Crippen molar-refractivity contribution in [2.45, 2.75) is 123 Å². The molecule has 2 fully saturated rings. The molecule has 10 atom stereocenters. The number of allylic oxidation sites excluding steroid dienone is 2. The van der Waals surface area contributed by atoms with Crippen LogP contribution in [0.2, 0.25) is 0 Å². The van der Waals surface area contributed by atoms with Crippen molar-refractivity contribution in [1.82, 2.24) is 9.88 Å². The summed E-state index contributed by atoms with van der Waals surface area (Å²) in [5.74, 6) is -11.1. The number of aromatic carboxylic acids is 1. The zero-order chi connectivity index (χ0) is 54.7. The van der Waals surface area contributed by atoms with Crippen molar-refractivity contribution in [2.75, 3.05) is 30.4 Å². The molecular formula is C55H65FN4O15. The summed E-state index contributed by atoms with van der Waals surface area (Å²) in [6, 6.07) is 2.17. The number of halogens is 1. The third kappa shape index (κ3) is 10.0. The Kier molecular flexibility index (Phi) is 15.2. The van der Waals surface area contributed by atoms with Gasteiger partial charge < -0.3 is 69.7 Å². The maximum absolute atomic E-state index is 16.0. The largest absolute Gasteiger partial charge is 0.507 e. The summed E-state index contributed by atoms with van der Waals surface area (Å²) in [7, 11) is 1.41. The zero-order valence-electron chi connectivity index (χ0n) is 43.3. The molecule has 0 radical (unpaired) electrons. The number of fused-ring (bicyclic) bond motifs is 15. The number of pyridine rings is 1. The van der Waals surface area contributed by atoms with Crippen LogP contribution in [0.1, 0.15) is 106 Å². The van der Waals surface area contributed by atoms with Crippen LogP contribution in [0.15, 0.2) is 59.3 Å². The number of nitrogens with zero attached hydrogens (tertiary/aromatic N) is 2. The molecule has 1 saturated carbocycles. The van der Waals surface area contributed by atoms with Crippen LogP contribution < -0.4 is 25.7 Å². The average Bonchev–Trinajstić information content (AvgIpc) is 4.05. The van der Waals surface area contributed by atoms with Gasteiger partial charge >= 0.3 is 17.7 Å². The number of phenolic OH excluding ortho intramolecular Hbond substituents is 3. The molecule has 1 saturated heterocycles. The van der Waals surface area contributed by atoms with E-state index in [1.807, 2.05) is 0 Å². The van der Waals surface area contributed by atoms with Gasteiger partial charge in [-0.1, -0.05) is 45.9 Å². The molecule has 5 bridgehead atoms. The lowest BCUT2D eigenvalue weighted by Gasteiger charge is -2.38. The number of Topliss-reactive ketones (excluding diaryl/α,β-unsaturated/α-hetero) is 1. The molecule has 19 nitrogen and oxygen atoms in total. The second-order valence-electron chi connectivity index (χ2n) is 20.6. The molecule has 1 aromatic heterocycles. The number of rotatable bonds is 8. The molecule has 5 heterocycles. The lowest BCUT2D eigenvalue weighted by atomic mass is 9.78. The Hall–Kier alpha value is -7.00. The molecular weight excluding hydrogens is 976 g/mol. The minimum Gasteiger partial charge on any atom is -0.507 e. The highest BCUT2D eigenvalue weighted by molar-refractivity contribution is 6.22. The number of hydrogen-bond acceptors (Lipinski definition) is 16. The summed E-state index contributed by atoms with van der Waals surface area (Å²) in [4.78, 5) is 68.1. The van der Waals surface area contributed by atoms with E-state index in [2.05, 4.69) is 10.6 Å². The van der Waals surface area contributed by atoms with Crippen LogP contribution >= 0.6 is 0 Å². The number of aromatic hydroxyl groups is 3. The quantitative estimate of drug-likeness (QED) is 0.0524. The van der Waals surface area contributed by atoms with Gasteiger partial charge in [-0.2, -0.15) is 0 Å². The van der Waals surface area contributed by atoms with Crippen LogP contribution in [0.25, 0.3) is 21.7 Å². The first-order chi connectivity index (χ1) is 35.4. The topological polar surface area (TPSA) is 276 Å². The molecule has 20 heteroatoms. The van der Waals surface area contributed by atoms with Crippen molar-refractivity contribution in [3.05, 3.63) is 92.8 Å². The first kappa shape index (κ1) is 54.3. The molecule has 402 valence electrons. The van der Waals surface area contributed by atoms with Crippen molar-refractivity contribution >= 4 is 56.7 Å². The fraction of sp³-hybridized carbons (Fsp3) is 0.473. The van der Waals surface area contributed by atoms with Gasteiger partial charge in [-0.15, -0.1) is 0 Å². The molecule has 8 N–H and O–H groups in total. The summed E-state index contributed by atoms with van der Waals surface area (Å²) < 4.78 is 41.5. The standard InChI is InChI=1S/C55H65FN4O15/c1-24-11-10-12-25(2)53(69)58-43-34(21-57-31-15-17-59(22-31)38-20-37-33(19-36(38)56)47(65)35(54(70)71)23-60(37)32-13-14-32)48(66)40-41(49(43)67)46(64)29(6)51-42(40)52(68)55(8,75-51)73-18-16-39(72-9)26(3)50(74-30(7)61)28(5)45(63)27(4)44(24)62/h10-12,16,18-20,23-24,26-28,31-32,39,44-45,50,57,62-64,66-67H,13-15,17,21-22H2,1-9H3,(H,58,69)(H,70,71)/b11-10+,18-16+,25-12-/t24-,26+,27+,28+,31+,39-,44-,45+,50+,55-/m0/s1. The molecule has 5 aliphatic rings. The van der Waals surface area contributed by atoms with E-state index in [1.165, 1.54) is 59.4 Å². The summed E-state index contributed by atoms with van der Waals surface area (Å²) in [6.07, 6.45) is 6.50. The third-order valence-electron chi connectivity index (χ3n) is 15.5. The fourth-order valence-corrected chi connectivity index (χ4v) is 10.8. The van der Waals surface area contributed by atoms with Gasteiger partial charge in [0.05, 0.1) is 52.4 Å². The number of anilines is 2. The van der Waals surface area contributed by atoms with Gasteiger partial charge in [-0.05, 0) is 51.3 Å². The minimum atomic E-state index is -2.12. The average molecular weight is 1040 g/mol. The molecule has 3 aromatic carbocycles. The third-order valence-corrected chi connectivity index (χ3v) is 15.5. The molecule has 9 rings (SSSR count). The molecule has 75 heavy (non-hydrogen) atoms. The lowest BCUT2D eigenvalue weighted by molar-refractivity contribution is -0.160. The number of carbonyl (C=O) groups excluding carboxylic acids is 3. The number of amides is 1. The van der Waals surface area contributed by atoms with Crippen LogP contribution in [0.3, 0.4) is 0 Å². The Morgan fingerprint density at radius 2 is 1.65 bits per heavy atom. The van der Waals surface area contributed by atoms with Crippen LogP contribution in [0.4, 0.5) is 15.8 Å². The Bertz CT molecular complexity index is 3150. The second kappa shape index (κ2) is 21.0. The highest BCUT2D eigenvalue weighted by Crippen LogP contribution is 2.55. The van der Waals surface area contributed by atoms with Gasteiger partial charge in [-0.3, -0.25) is 19.2 Å². The number of nitrogens with one attached hydrogen (secondary N) is 2. The normalized spacial score (nSPS) is 29.2. The summed E-state index contributed by atoms with van der Waals surface area (Å²) in [6.45, 7) is 12.6. The number of carboxylic acids is 1. The van der Waals surface area contributed by atoms with Gasteiger partial charge in [0.1, 0.15) is 34.7 Å². The lowest BCUT2D eigenvalue weighted by Crippen LogP contribution is -2.46. The molecule has 1 amide bonds. The molecule has 1 aliphatic carbocycles. The number of hydrogen-bond donors (Lipinski definition) is 8. The summed E-state index contributed by atoms with van der Waals surface area (Å²) in [5, 5.41) is 74.6. The van der Waals surface area contributed by atoms with Crippen LogP contribution in [-0.4, -0.2) is 115 Å². The predicted octanol–water partition coefficient (Wildman–Crippen LogP) is 6.61. The monoisotopic (exact) mass is 1040 g/mol. The zero-order valence-corrected chi connectivity index (χ0v) is 43.3. The summed E-state index contributed by atoms with van der Waals surface area (Å²) in [5.41, 5.74) is -1.16. The Labute approximate surface area is 431 Å². The van der Waals surface area contributed by atoms with Crippen molar-refractivity contribution < 1.29 is 73.2 Å². The number of ether oxygens (including phenoxy) is 4. The second-order valence-corrected chi connectivity index (χ2v) is 20.6. The van der Waals surface area contributed by atoms with E-state index < -0.39 is 118 Å². The van der Waals surface area contributed by atoms with E-state index in [9.17, 15) is 54.6 Å². The number of carboxylic acid groups (broad SMARTS) is 1. The fourth-order valence-electron chi connectivity index (χ4n) is 10.8. The minimum absolute atomic E-state index is 0.000796. The van der Waals surface area contributed by atoms with Gasteiger partial charge in [0, 0.05) is 110 Å². The number of benzene rings is 3. The Morgan fingerprint density at radius 1 is 0.947 bits per heavy atom. The van der Waals surface area contributed by atoms with Crippen LogP contribution in [-0.2, 0) is 30.3 Å². The van der Waals surface area contributed by atoms with Gasteiger partial charge in [-0.25, -0.2) is 9.18 Å². The van der Waals surface area contributed by atoms with Crippen molar-refractivity contribution in [2.24, 2.45) is 23.7 Å². The Morgan fingerprint density at radius 3 is 2.31 bits per heavy atom. The highest BCUT2D eigenvalue weighted by Gasteiger charge is 2.50. The van der Waals surface area contributed by atoms with Crippen molar-refractivity contribution in [3.8, 4) is 23.0 Å². The van der Waals surface area contributed by atoms with Crippen molar-refractivity contribution in [3.63, 3.8) is 0 Å². The highest BCUT2D eigenvalue weighted by atomic mass is 19.1. The number of aliphatic hydroxyl groups is 2.